The third-order valence-corrected chi connectivity index (χ3v) is 4.05. The third-order valence-electron chi connectivity index (χ3n) is 2.96. The van der Waals surface area contributed by atoms with Crippen LogP contribution in [0.2, 0.25) is 0 Å². The highest BCUT2D eigenvalue weighted by atomic mass is 32.2. The van der Waals surface area contributed by atoms with Crippen LogP contribution in [0.25, 0.3) is 0 Å². The van der Waals surface area contributed by atoms with Gasteiger partial charge in [0.1, 0.15) is 11.6 Å². The summed E-state index contributed by atoms with van der Waals surface area (Å²) in [5, 5.41) is 12.0. The van der Waals surface area contributed by atoms with Gasteiger partial charge < -0.3 is 10.4 Å². The minimum absolute atomic E-state index is 0.184. The normalized spacial score (nSPS) is 16.9. The van der Waals surface area contributed by atoms with Gasteiger partial charge in [0.25, 0.3) is 5.91 Å². The number of halogens is 2. The maximum atomic E-state index is 14.0. The predicted octanol–water partition coefficient (Wildman–Crippen LogP) is 3.10. The van der Waals surface area contributed by atoms with Crippen molar-refractivity contribution in [3.05, 3.63) is 53.6 Å². The maximum absolute atomic E-state index is 14.0. The quantitative estimate of drug-likeness (QED) is 0.894. The molecule has 0 radical (unpaired) electrons. The summed E-state index contributed by atoms with van der Waals surface area (Å²) in [7, 11) is 0. The van der Waals surface area contributed by atoms with Crippen LogP contribution in [0.4, 0.5) is 14.5 Å². The first-order valence-electron chi connectivity index (χ1n) is 5.81. The van der Waals surface area contributed by atoms with Crippen LogP contribution < -0.4 is 5.32 Å². The number of aliphatic hydroxyl groups excluding tert-OH is 1. The van der Waals surface area contributed by atoms with E-state index in [9.17, 15) is 18.7 Å². The molecule has 0 aromatic heterocycles. The molecule has 3 rings (SSSR count). The fourth-order valence-corrected chi connectivity index (χ4v) is 2.85. The summed E-state index contributed by atoms with van der Waals surface area (Å²) >= 11 is 0.926. The number of rotatable bonds is 2. The van der Waals surface area contributed by atoms with E-state index in [2.05, 4.69) is 5.32 Å². The van der Waals surface area contributed by atoms with Gasteiger partial charge in [-0.25, -0.2) is 8.78 Å². The van der Waals surface area contributed by atoms with Crippen molar-refractivity contribution in [1.82, 2.24) is 0 Å². The first-order valence-corrected chi connectivity index (χ1v) is 6.62. The number of hydrogen-bond acceptors (Lipinski definition) is 3. The molecule has 0 saturated heterocycles. The zero-order chi connectivity index (χ0) is 14.3. The molecule has 1 unspecified atom stereocenters. The molecular weight excluding hydrogens is 284 g/mol. The van der Waals surface area contributed by atoms with Gasteiger partial charge in [-0.1, -0.05) is 23.9 Å². The Morgan fingerprint density at radius 3 is 2.60 bits per heavy atom. The summed E-state index contributed by atoms with van der Waals surface area (Å²) in [6.45, 7) is 0. The molecule has 3 nitrogen and oxygen atoms in total. The zero-order valence-electron chi connectivity index (χ0n) is 10.1. The summed E-state index contributed by atoms with van der Waals surface area (Å²) in [6.07, 6.45) is -1.35. The molecule has 1 atom stereocenters. The van der Waals surface area contributed by atoms with Crippen LogP contribution in [-0.4, -0.2) is 11.0 Å². The van der Waals surface area contributed by atoms with Gasteiger partial charge >= 0.3 is 0 Å². The molecule has 6 heteroatoms. The SMILES string of the molecule is O=C1Nc2cc(Sc3ccccc3F)c(F)cc2C1O. The summed E-state index contributed by atoms with van der Waals surface area (Å²) < 4.78 is 27.5. The van der Waals surface area contributed by atoms with E-state index in [1.54, 1.807) is 18.2 Å². The number of nitrogens with one attached hydrogen (secondary N) is 1. The van der Waals surface area contributed by atoms with Crippen LogP contribution >= 0.6 is 11.8 Å². The van der Waals surface area contributed by atoms with E-state index in [0.29, 0.717) is 5.69 Å². The van der Waals surface area contributed by atoms with Gasteiger partial charge in [0.05, 0.1) is 4.90 Å². The zero-order valence-corrected chi connectivity index (χ0v) is 10.9. The number of aliphatic hydroxyl groups is 1. The van der Waals surface area contributed by atoms with Crippen LogP contribution in [0.1, 0.15) is 11.7 Å². The molecule has 0 spiro atoms. The molecule has 2 aromatic rings. The Kier molecular flexibility index (Phi) is 3.19. The summed E-state index contributed by atoms with van der Waals surface area (Å²) in [6, 6.07) is 8.54. The minimum atomic E-state index is -1.35. The molecule has 1 aliphatic rings. The van der Waals surface area contributed by atoms with E-state index in [1.807, 2.05) is 0 Å². The topological polar surface area (TPSA) is 49.3 Å². The number of benzene rings is 2. The van der Waals surface area contributed by atoms with Crippen molar-refractivity contribution in [3.63, 3.8) is 0 Å². The number of amides is 1. The fourth-order valence-electron chi connectivity index (χ4n) is 1.97. The average molecular weight is 293 g/mol. The monoisotopic (exact) mass is 293 g/mol. The lowest BCUT2D eigenvalue weighted by molar-refractivity contribution is -0.123. The van der Waals surface area contributed by atoms with Gasteiger partial charge in [-0.05, 0) is 24.3 Å². The van der Waals surface area contributed by atoms with E-state index >= 15 is 0 Å². The van der Waals surface area contributed by atoms with Crippen molar-refractivity contribution < 1.29 is 18.7 Å². The second-order valence-corrected chi connectivity index (χ2v) is 5.38. The lowest BCUT2D eigenvalue weighted by Crippen LogP contribution is -2.10. The highest BCUT2D eigenvalue weighted by molar-refractivity contribution is 7.99. The Balaban J connectivity index is 1.99. The Labute approximate surface area is 117 Å². The van der Waals surface area contributed by atoms with Crippen LogP contribution in [0.5, 0.6) is 0 Å². The van der Waals surface area contributed by atoms with Gasteiger partial charge in [0.2, 0.25) is 0 Å². The van der Waals surface area contributed by atoms with Crippen LogP contribution in [0.15, 0.2) is 46.2 Å². The average Bonchev–Trinajstić information content (AvgIpc) is 2.69. The molecule has 1 heterocycles. The van der Waals surface area contributed by atoms with Crippen LogP contribution in [0.3, 0.4) is 0 Å². The van der Waals surface area contributed by atoms with Crippen molar-refractivity contribution in [2.24, 2.45) is 0 Å². The first kappa shape index (κ1) is 13.1. The molecule has 1 amide bonds. The predicted molar refractivity (Wildman–Crippen MR) is 70.5 cm³/mol. The van der Waals surface area contributed by atoms with Crippen molar-refractivity contribution in [3.8, 4) is 0 Å². The second-order valence-electron chi connectivity index (χ2n) is 4.29. The van der Waals surface area contributed by atoms with Gasteiger partial charge in [-0.3, -0.25) is 4.79 Å². The van der Waals surface area contributed by atoms with E-state index in [-0.39, 0.29) is 15.4 Å². The van der Waals surface area contributed by atoms with Crippen molar-refractivity contribution in [2.75, 3.05) is 5.32 Å². The highest BCUT2D eigenvalue weighted by Gasteiger charge is 2.30. The maximum Gasteiger partial charge on any atom is 0.257 e. The standard InChI is InChI=1S/C14H9F2NO2S/c15-8-3-1-2-4-11(8)20-12-6-10-7(5-9(12)16)13(18)14(19)17-10/h1-6,13,18H,(H,17,19). The number of hydrogen-bond donors (Lipinski definition) is 2. The third kappa shape index (κ3) is 2.17. The Morgan fingerprint density at radius 2 is 1.85 bits per heavy atom. The lowest BCUT2D eigenvalue weighted by atomic mass is 10.1. The smallest absolute Gasteiger partial charge is 0.257 e. The molecule has 0 bridgehead atoms. The fraction of sp³-hybridized carbons (Fsp3) is 0.0714. The lowest BCUT2D eigenvalue weighted by Gasteiger charge is -2.07. The Hall–Kier alpha value is -1.92. The highest BCUT2D eigenvalue weighted by Crippen LogP contribution is 2.38. The molecule has 2 N–H and O–H groups in total. The molecule has 0 aliphatic carbocycles. The first-order chi connectivity index (χ1) is 9.56. The Morgan fingerprint density at radius 1 is 1.10 bits per heavy atom. The second kappa shape index (κ2) is 4.88. The molecule has 20 heavy (non-hydrogen) atoms. The summed E-state index contributed by atoms with van der Waals surface area (Å²) in [5.41, 5.74) is 0.549. The van der Waals surface area contributed by atoms with E-state index in [4.69, 9.17) is 0 Å². The van der Waals surface area contributed by atoms with Crippen molar-refractivity contribution >= 4 is 23.4 Å². The molecular formula is C14H9F2NO2S. The van der Waals surface area contributed by atoms with Crippen molar-refractivity contribution in [2.45, 2.75) is 15.9 Å². The molecule has 2 aromatic carbocycles. The van der Waals surface area contributed by atoms with Crippen LogP contribution in [0, 0.1) is 11.6 Å². The Bertz CT molecular complexity index is 706. The molecule has 0 fully saturated rings. The van der Waals surface area contributed by atoms with E-state index in [0.717, 1.165) is 17.8 Å². The molecule has 0 saturated carbocycles. The van der Waals surface area contributed by atoms with Gasteiger partial charge in [-0.2, -0.15) is 0 Å². The summed E-state index contributed by atoms with van der Waals surface area (Å²) in [5.74, 6) is -1.64. The number of fused-ring (bicyclic) bond motifs is 1. The number of carbonyl (C=O) groups is 1. The van der Waals surface area contributed by atoms with Gasteiger partial charge in [0, 0.05) is 16.1 Å². The molecule has 1 aliphatic heterocycles. The van der Waals surface area contributed by atoms with E-state index < -0.39 is 23.6 Å². The number of carbonyl (C=O) groups excluding carboxylic acids is 1. The van der Waals surface area contributed by atoms with Gasteiger partial charge in [-0.15, -0.1) is 0 Å². The number of anilines is 1. The largest absolute Gasteiger partial charge is 0.378 e. The van der Waals surface area contributed by atoms with Crippen LogP contribution in [-0.2, 0) is 4.79 Å². The minimum Gasteiger partial charge on any atom is -0.378 e. The van der Waals surface area contributed by atoms with Crippen molar-refractivity contribution in [1.29, 1.82) is 0 Å². The molecule has 102 valence electrons. The van der Waals surface area contributed by atoms with E-state index in [1.165, 1.54) is 12.1 Å². The summed E-state index contributed by atoms with van der Waals surface area (Å²) in [4.78, 5) is 11.8. The van der Waals surface area contributed by atoms with Gasteiger partial charge in [0.15, 0.2) is 6.10 Å².